The average Bonchev–Trinajstić information content (AvgIpc) is 2.69. The summed E-state index contributed by atoms with van der Waals surface area (Å²) in [6.45, 7) is 3.53. The summed E-state index contributed by atoms with van der Waals surface area (Å²) in [5.41, 5.74) is 4.95. The van der Waals surface area contributed by atoms with Gasteiger partial charge in [-0.1, -0.05) is 42.0 Å². The molecule has 0 unspecified atom stereocenters. The predicted octanol–water partition coefficient (Wildman–Crippen LogP) is 4.47. The van der Waals surface area contributed by atoms with Crippen molar-refractivity contribution in [2.75, 3.05) is 11.9 Å². The summed E-state index contributed by atoms with van der Waals surface area (Å²) in [6, 6.07) is 19.4. The molecule has 0 aliphatic heterocycles. The molecule has 0 fully saturated rings. The van der Waals surface area contributed by atoms with Crippen molar-refractivity contribution in [3.05, 3.63) is 83.4 Å². The maximum absolute atomic E-state index is 12.2. The number of carbonyl (C=O) groups excluding carboxylic acids is 2. The summed E-state index contributed by atoms with van der Waals surface area (Å²) >= 11 is 0. The van der Waals surface area contributed by atoms with Gasteiger partial charge in [0.2, 0.25) is 0 Å². The van der Waals surface area contributed by atoms with Gasteiger partial charge in [-0.3, -0.25) is 4.79 Å². The first-order valence-corrected chi connectivity index (χ1v) is 8.86. The Balaban J connectivity index is 1.57. The summed E-state index contributed by atoms with van der Waals surface area (Å²) in [7, 11) is 0. The number of rotatable bonds is 5. The van der Waals surface area contributed by atoms with Crippen LogP contribution in [0.5, 0.6) is 5.75 Å². The Morgan fingerprint density at radius 1 is 0.893 bits per heavy atom. The predicted molar refractivity (Wildman–Crippen MR) is 108 cm³/mol. The number of hydrogen-bond acceptors (Lipinski definition) is 4. The van der Waals surface area contributed by atoms with Crippen LogP contribution >= 0.6 is 0 Å². The van der Waals surface area contributed by atoms with Gasteiger partial charge in [0.25, 0.3) is 5.91 Å². The molecule has 0 heterocycles. The van der Waals surface area contributed by atoms with E-state index in [0.717, 1.165) is 22.3 Å². The Kier molecular flexibility index (Phi) is 5.75. The Morgan fingerprint density at radius 3 is 2.11 bits per heavy atom. The van der Waals surface area contributed by atoms with Crippen molar-refractivity contribution in [1.82, 2.24) is 0 Å². The third-order valence-electron chi connectivity index (χ3n) is 4.31. The minimum atomic E-state index is -0.562. The van der Waals surface area contributed by atoms with Gasteiger partial charge < -0.3 is 15.2 Å². The van der Waals surface area contributed by atoms with Crippen LogP contribution in [0, 0.1) is 13.8 Å². The number of hydrogen-bond donors (Lipinski definition) is 2. The van der Waals surface area contributed by atoms with E-state index < -0.39 is 5.97 Å². The minimum Gasteiger partial charge on any atom is -0.508 e. The smallest absolute Gasteiger partial charge is 0.338 e. The molecule has 0 saturated heterocycles. The summed E-state index contributed by atoms with van der Waals surface area (Å²) in [6.07, 6.45) is 0. The zero-order valence-electron chi connectivity index (χ0n) is 15.7. The van der Waals surface area contributed by atoms with Crippen LogP contribution in [0.1, 0.15) is 21.5 Å². The van der Waals surface area contributed by atoms with Crippen LogP contribution in [0.2, 0.25) is 0 Å². The SMILES string of the molecule is Cc1ccc(NC(=O)COC(=O)c2ccc(-c3ccc(O)cc3)cc2)c(C)c1. The molecule has 3 aromatic carbocycles. The van der Waals surface area contributed by atoms with Crippen LogP contribution in [0.4, 0.5) is 5.69 Å². The van der Waals surface area contributed by atoms with Crippen molar-refractivity contribution in [2.45, 2.75) is 13.8 Å². The van der Waals surface area contributed by atoms with Gasteiger partial charge in [-0.25, -0.2) is 4.79 Å². The molecule has 5 heteroatoms. The lowest BCUT2D eigenvalue weighted by molar-refractivity contribution is -0.119. The van der Waals surface area contributed by atoms with Crippen molar-refractivity contribution in [3.8, 4) is 16.9 Å². The maximum atomic E-state index is 12.2. The maximum Gasteiger partial charge on any atom is 0.338 e. The molecule has 0 atom stereocenters. The van der Waals surface area contributed by atoms with E-state index in [1.165, 1.54) is 0 Å². The second kappa shape index (κ2) is 8.39. The molecule has 0 spiro atoms. The Morgan fingerprint density at radius 2 is 1.50 bits per heavy atom. The van der Waals surface area contributed by atoms with Crippen LogP contribution in [0.3, 0.4) is 0 Å². The highest BCUT2D eigenvalue weighted by Crippen LogP contribution is 2.22. The van der Waals surface area contributed by atoms with Gasteiger partial charge in [-0.2, -0.15) is 0 Å². The molecule has 1 amide bonds. The number of phenolic OH excluding ortho intramolecular Hbond substituents is 1. The standard InChI is InChI=1S/C23H21NO4/c1-15-3-12-21(16(2)13-15)24-22(26)14-28-23(27)19-6-4-17(5-7-19)18-8-10-20(25)11-9-18/h3-13,25H,14H2,1-2H3,(H,24,26). The fourth-order valence-corrected chi connectivity index (χ4v) is 2.81. The highest BCUT2D eigenvalue weighted by Gasteiger charge is 2.11. The number of aryl methyl sites for hydroxylation is 2. The van der Waals surface area contributed by atoms with E-state index in [4.69, 9.17) is 4.74 Å². The second-order valence-electron chi connectivity index (χ2n) is 6.57. The molecule has 0 aliphatic carbocycles. The zero-order chi connectivity index (χ0) is 20.1. The van der Waals surface area contributed by atoms with Gasteiger partial charge in [0.1, 0.15) is 5.75 Å². The molecule has 2 N–H and O–H groups in total. The molecule has 0 bridgehead atoms. The number of phenols is 1. The van der Waals surface area contributed by atoms with E-state index in [2.05, 4.69) is 5.32 Å². The van der Waals surface area contributed by atoms with Gasteiger partial charge in [-0.15, -0.1) is 0 Å². The van der Waals surface area contributed by atoms with Gasteiger partial charge in [0, 0.05) is 5.69 Å². The topological polar surface area (TPSA) is 75.6 Å². The molecule has 0 radical (unpaired) electrons. The van der Waals surface area contributed by atoms with Crippen LogP contribution < -0.4 is 5.32 Å². The minimum absolute atomic E-state index is 0.197. The zero-order valence-corrected chi connectivity index (χ0v) is 15.7. The number of nitrogens with one attached hydrogen (secondary N) is 1. The van der Waals surface area contributed by atoms with Crippen molar-refractivity contribution >= 4 is 17.6 Å². The Hall–Kier alpha value is -3.60. The summed E-state index contributed by atoms with van der Waals surface area (Å²) < 4.78 is 5.10. The molecule has 3 rings (SSSR count). The summed E-state index contributed by atoms with van der Waals surface area (Å²) in [4.78, 5) is 24.2. The van der Waals surface area contributed by atoms with Crippen LogP contribution in [-0.4, -0.2) is 23.6 Å². The number of aromatic hydroxyl groups is 1. The van der Waals surface area contributed by atoms with E-state index >= 15 is 0 Å². The van der Waals surface area contributed by atoms with Gasteiger partial charge in [0.15, 0.2) is 6.61 Å². The molecular formula is C23H21NO4. The normalized spacial score (nSPS) is 10.4. The number of benzene rings is 3. The third kappa shape index (κ3) is 4.76. The highest BCUT2D eigenvalue weighted by atomic mass is 16.5. The second-order valence-corrected chi connectivity index (χ2v) is 6.57. The molecule has 0 aliphatic rings. The number of ether oxygens (including phenoxy) is 1. The molecule has 3 aromatic rings. The third-order valence-corrected chi connectivity index (χ3v) is 4.31. The molecule has 142 valence electrons. The van der Waals surface area contributed by atoms with E-state index in [0.29, 0.717) is 11.3 Å². The lowest BCUT2D eigenvalue weighted by Gasteiger charge is -2.10. The Labute approximate surface area is 163 Å². The quantitative estimate of drug-likeness (QED) is 0.645. The van der Waals surface area contributed by atoms with E-state index in [1.54, 1.807) is 48.5 Å². The van der Waals surface area contributed by atoms with E-state index in [-0.39, 0.29) is 18.3 Å². The van der Waals surface area contributed by atoms with Gasteiger partial charge >= 0.3 is 5.97 Å². The molecular weight excluding hydrogens is 354 g/mol. The fourth-order valence-electron chi connectivity index (χ4n) is 2.81. The summed E-state index contributed by atoms with van der Waals surface area (Å²) in [5.74, 6) is -0.753. The van der Waals surface area contributed by atoms with E-state index in [1.807, 2.05) is 32.0 Å². The lowest BCUT2D eigenvalue weighted by Crippen LogP contribution is -2.21. The lowest BCUT2D eigenvalue weighted by atomic mass is 10.0. The number of amides is 1. The van der Waals surface area contributed by atoms with Gasteiger partial charge in [-0.05, 0) is 60.9 Å². The average molecular weight is 375 g/mol. The number of carbonyl (C=O) groups is 2. The van der Waals surface area contributed by atoms with Crippen molar-refractivity contribution in [1.29, 1.82) is 0 Å². The van der Waals surface area contributed by atoms with Crippen molar-refractivity contribution in [3.63, 3.8) is 0 Å². The molecule has 0 saturated carbocycles. The Bertz CT molecular complexity index is 992. The van der Waals surface area contributed by atoms with Crippen LogP contribution in [-0.2, 0) is 9.53 Å². The first-order valence-electron chi connectivity index (χ1n) is 8.86. The number of esters is 1. The first kappa shape index (κ1) is 19.2. The molecule has 5 nitrogen and oxygen atoms in total. The largest absolute Gasteiger partial charge is 0.508 e. The van der Waals surface area contributed by atoms with Gasteiger partial charge in [0.05, 0.1) is 5.56 Å². The van der Waals surface area contributed by atoms with Crippen LogP contribution in [0.15, 0.2) is 66.7 Å². The first-order chi connectivity index (χ1) is 13.4. The van der Waals surface area contributed by atoms with Crippen molar-refractivity contribution in [2.24, 2.45) is 0 Å². The van der Waals surface area contributed by atoms with E-state index in [9.17, 15) is 14.7 Å². The van der Waals surface area contributed by atoms with Crippen LogP contribution in [0.25, 0.3) is 11.1 Å². The fraction of sp³-hybridized carbons (Fsp3) is 0.130. The monoisotopic (exact) mass is 375 g/mol. The van der Waals surface area contributed by atoms with Crippen molar-refractivity contribution < 1.29 is 19.4 Å². The highest BCUT2D eigenvalue weighted by molar-refractivity contribution is 5.96. The molecule has 28 heavy (non-hydrogen) atoms. The summed E-state index contributed by atoms with van der Waals surface area (Å²) in [5, 5.41) is 12.1. The molecule has 0 aromatic heterocycles. The number of anilines is 1.